The van der Waals surface area contributed by atoms with Crippen molar-refractivity contribution in [1.29, 1.82) is 0 Å². The van der Waals surface area contributed by atoms with Crippen molar-refractivity contribution in [1.82, 2.24) is 0 Å². The van der Waals surface area contributed by atoms with Gasteiger partial charge in [-0.3, -0.25) is 0 Å². The molecule has 0 amide bonds. The molecular formula is C20H9Cl4O2PS2. The summed E-state index contributed by atoms with van der Waals surface area (Å²) in [5.74, 6) is 0.674. The second-order valence-electron chi connectivity index (χ2n) is 6.66. The normalized spacial score (nSPS) is 18.3. The molecule has 6 rings (SSSR count). The second kappa shape index (κ2) is 6.05. The molecule has 0 saturated carbocycles. The van der Waals surface area contributed by atoms with Crippen LogP contribution in [0.15, 0.2) is 53.2 Å². The summed E-state index contributed by atoms with van der Waals surface area (Å²) in [5.41, 5.74) is 0. The topological polar surface area (TPSA) is 18.5 Å². The Morgan fingerprint density at radius 1 is 0.621 bits per heavy atom. The molecule has 0 atom stereocenters. The van der Waals surface area contributed by atoms with Gasteiger partial charge in [0.25, 0.3) is 0 Å². The number of fused-ring (bicyclic) bond motifs is 6. The van der Waals surface area contributed by atoms with Crippen molar-refractivity contribution in [2.24, 2.45) is 0 Å². The molecule has 0 N–H and O–H groups in total. The van der Waals surface area contributed by atoms with Crippen molar-refractivity contribution in [3.63, 3.8) is 0 Å². The van der Waals surface area contributed by atoms with Crippen molar-refractivity contribution in [2.75, 3.05) is 0 Å². The first-order valence-corrected chi connectivity index (χ1v) is 13.8. The molecule has 0 bridgehead atoms. The van der Waals surface area contributed by atoms with Crippen LogP contribution in [0.3, 0.4) is 0 Å². The first-order valence-electron chi connectivity index (χ1n) is 8.48. The van der Waals surface area contributed by atoms with Crippen LogP contribution in [0.2, 0.25) is 20.1 Å². The van der Waals surface area contributed by atoms with Crippen molar-refractivity contribution in [2.45, 2.75) is 0 Å². The zero-order chi connectivity index (χ0) is 20.0. The molecule has 9 heteroatoms. The van der Waals surface area contributed by atoms with Crippen LogP contribution in [0, 0.1) is 0 Å². The summed E-state index contributed by atoms with van der Waals surface area (Å²) in [5, 5.41) is 7.81. The van der Waals surface area contributed by atoms with Gasteiger partial charge in [0.1, 0.15) is 0 Å². The summed E-state index contributed by atoms with van der Waals surface area (Å²) >= 11 is 29.2. The first-order chi connectivity index (χ1) is 14.0. The molecule has 0 unspecified atom stereocenters. The van der Waals surface area contributed by atoms with E-state index in [0.29, 0.717) is 11.5 Å². The summed E-state index contributed by atoms with van der Waals surface area (Å²) in [4.78, 5) is 2.29. The maximum absolute atomic E-state index is 6.91. The minimum atomic E-state index is -3.83. The maximum atomic E-state index is 6.91. The van der Waals surface area contributed by atoms with E-state index in [1.54, 1.807) is 22.7 Å². The summed E-state index contributed by atoms with van der Waals surface area (Å²) < 4.78 is 13.8. The Balaban J connectivity index is 1.80. The number of halogens is 4. The molecule has 2 aromatic heterocycles. The molecule has 4 aromatic rings. The number of hydrogen-bond acceptors (Lipinski definition) is 4. The van der Waals surface area contributed by atoms with Gasteiger partial charge in [-0.1, -0.05) is 0 Å². The number of hydrogen-bond donors (Lipinski definition) is 0. The van der Waals surface area contributed by atoms with Crippen LogP contribution < -0.4 is 25.0 Å². The van der Waals surface area contributed by atoms with Crippen LogP contribution in [0.5, 0.6) is 11.5 Å². The van der Waals surface area contributed by atoms with E-state index < -0.39 is 7.06 Å². The average Bonchev–Trinajstić information content (AvgIpc) is 3.50. The van der Waals surface area contributed by atoms with Gasteiger partial charge in [-0.05, 0) is 0 Å². The molecule has 0 radical (unpaired) electrons. The van der Waals surface area contributed by atoms with Crippen molar-refractivity contribution in [3.05, 3.63) is 73.3 Å². The van der Waals surface area contributed by atoms with Crippen LogP contribution in [0.25, 0.3) is 9.75 Å². The zero-order valence-corrected chi connectivity index (χ0v) is 19.8. The van der Waals surface area contributed by atoms with Gasteiger partial charge >= 0.3 is 196 Å². The Morgan fingerprint density at radius 3 is 1.59 bits per heavy atom. The van der Waals surface area contributed by atoms with E-state index in [1.807, 2.05) is 30.3 Å². The predicted molar refractivity (Wildman–Crippen MR) is 128 cm³/mol. The Kier molecular flexibility index (Phi) is 3.91. The van der Waals surface area contributed by atoms with E-state index in [2.05, 4.69) is 22.9 Å². The third-order valence-corrected chi connectivity index (χ3v) is 14.2. The van der Waals surface area contributed by atoms with E-state index in [9.17, 15) is 0 Å². The molecule has 0 fully saturated rings. The van der Waals surface area contributed by atoms with Crippen LogP contribution in [0.1, 0.15) is 0 Å². The molecule has 0 aliphatic carbocycles. The Morgan fingerprint density at radius 2 is 1.10 bits per heavy atom. The third-order valence-electron chi connectivity index (χ3n) is 5.31. The van der Waals surface area contributed by atoms with Crippen LogP contribution in [-0.2, 0) is 0 Å². The molecule has 0 saturated heterocycles. The Hall–Kier alpha value is -0.970. The van der Waals surface area contributed by atoms with Crippen molar-refractivity contribution < 1.29 is 9.05 Å². The number of rotatable bonds is 1. The monoisotopic (exact) mass is 516 g/mol. The number of thiophene rings is 2. The fourth-order valence-electron chi connectivity index (χ4n) is 4.11. The molecule has 1 spiro atoms. The molecular weight excluding hydrogens is 509 g/mol. The van der Waals surface area contributed by atoms with E-state index in [-0.39, 0.29) is 20.1 Å². The minimum absolute atomic E-state index is 0.155. The molecule has 4 heterocycles. The standard InChI is InChI=1S/C20H9Cl4O2PS2/c21-13-14(22)16(24)18-17(15(13)23)25-27(26-18,10-4-2-1-3-5-10)11-6-8-28-19(11)20-12(27)7-9-29-20/h1-9H. The van der Waals surface area contributed by atoms with Crippen molar-refractivity contribution >= 4 is 92.0 Å². The molecule has 2 aromatic carbocycles. The number of benzene rings is 2. The van der Waals surface area contributed by atoms with E-state index in [0.717, 1.165) is 25.7 Å². The predicted octanol–water partition coefficient (Wildman–Crippen LogP) is 7.53. The zero-order valence-electron chi connectivity index (χ0n) is 14.3. The molecule has 146 valence electrons. The summed E-state index contributed by atoms with van der Waals surface area (Å²) in [6.07, 6.45) is 0. The molecule has 2 aliphatic rings. The van der Waals surface area contributed by atoms with Gasteiger partial charge in [0.05, 0.1) is 0 Å². The quantitative estimate of drug-likeness (QED) is 0.147. The Labute approximate surface area is 194 Å². The third kappa shape index (κ3) is 2.04. The second-order valence-corrected chi connectivity index (χ2v) is 13.8. The van der Waals surface area contributed by atoms with Gasteiger partial charge in [-0.2, -0.15) is 0 Å². The van der Waals surface area contributed by atoms with Crippen LogP contribution in [-0.4, -0.2) is 0 Å². The van der Waals surface area contributed by atoms with Gasteiger partial charge in [-0.25, -0.2) is 0 Å². The summed E-state index contributed by atoms with van der Waals surface area (Å²) in [6, 6.07) is 14.1. The van der Waals surface area contributed by atoms with Crippen LogP contribution >= 0.6 is 76.1 Å². The SMILES string of the molecule is Clc1c(Cl)c(Cl)c2c(c1Cl)OP1(c3ccccc3)(O2)c2ccsc2-c2sccc21. The average molecular weight is 518 g/mol. The van der Waals surface area contributed by atoms with Gasteiger partial charge in [-0.15, -0.1) is 0 Å². The van der Waals surface area contributed by atoms with Crippen LogP contribution in [0.4, 0.5) is 0 Å². The molecule has 2 aliphatic heterocycles. The van der Waals surface area contributed by atoms with Crippen molar-refractivity contribution in [3.8, 4) is 21.3 Å². The van der Waals surface area contributed by atoms with Gasteiger partial charge in [0, 0.05) is 0 Å². The van der Waals surface area contributed by atoms with E-state index in [1.165, 1.54) is 0 Å². The van der Waals surface area contributed by atoms with Gasteiger partial charge < -0.3 is 0 Å². The summed E-state index contributed by atoms with van der Waals surface area (Å²) in [7, 11) is -3.83. The van der Waals surface area contributed by atoms with E-state index in [4.69, 9.17) is 55.5 Å². The summed E-state index contributed by atoms with van der Waals surface area (Å²) in [6.45, 7) is 0. The molecule has 2 nitrogen and oxygen atoms in total. The first kappa shape index (κ1) is 18.8. The fraction of sp³-hybridized carbons (Fsp3) is 0. The van der Waals surface area contributed by atoms with Gasteiger partial charge in [0.2, 0.25) is 0 Å². The van der Waals surface area contributed by atoms with E-state index >= 15 is 0 Å². The fourth-order valence-corrected chi connectivity index (χ4v) is 13.4. The molecule has 29 heavy (non-hydrogen) atoms. The Bertz CT molecular complexity index is 1250. The van der Waals surface area contributed by atoms with Gasteiger partial charge in [0.15, 0.2) is 0 Å².